The summed E-state index contributed by atoms with van der Waals surface area (Å²) in [7, 11) is 0. The maximum Gasteiger partial charge on any atom is 0.182 e. The highest BCUT2D eigenvalue weighted by atomic mass is 15.4. The lowest BCUT2D eigenvalue weighted by atomic mass is 9.86. The van der Waals surface area contributed by atoms with E-state index in [1.165, 1.54) is 60.8 Å². The molecule has 0 bridgehead atoms. The number of fused-ring (bicyclic) bond motifs is 3. The predicted octanol–water partition coefficient (Wildman–Crippen LogP) is 14.3. The van der Waals surface area contributed by atoms with Gasteiger partial charge >= 0.3 is 0 Å². The number of para-hydroxylation sites is 2. The van der Waals surface area contributed by atoms with E-state index in [-0.39, 0.29) is 5.41 Å². The minimum Gasteiger partial charge on any atom is -0.309 e. The number of hydrogen-bond acceptors (Lipinski definition) is 2. The van der Waals surface area contributed by atoms with Crippen molar-refractivity contribution in [3.05, 3.63) is 205 Å². The Bertz CT molecular complexity index is 3110. The van der Waals surface area contributed by atoms with Crippen LogP contribution in [0.5, 0.6) is 0 Å². The van der Waals surface area contributed by atoms with Crippen molar-refractivity contribution in [2.24, 2.45) is 0 Å². The van der Waals surface area contributed by atoms with Gasteiger partial charge in [-0.05, 0) is 93.7 Å². The fraction of sp³-hybridized carbons (Fsp3) is 0.0909. The SMILES string of the molecule is Cc1ccc(-c2nc(-c3ccc(C(C)(C)C)cc3)n(-c3ccc(-c4ccccc4-c4ccccc4-c4ccc5c(c4)c4ccccc4n5-c4ccccc4)cc3)n2)cc1. The molecule has 0 aliphatic heterocycles. The third-order valence-electron chi connectivity index (χ3n) is 11.5. The quantitative estimate of drug-likeness (QED) is 0.162. The van der Waals surface area contributed by atoms with E-state index >= 15 is 0 Å². The van der Waals surface area contributed by atoms with Gasteiger partial charge in [0.15, 0.2) is 11.6 Å². The van der Waals surface area contributed by atoms with Crippen molar-refractivity contribution in [1.82, 2.24) is 19.3 Å². The molecule has 10 rings (SSSR count). The Balaban J connectivity index is 1.04. The average molecular weight is 761 g/mol. The lowest BCUT2D eigenvalue weighted by Crippen LogP contribution is -2.10. The number of hydrogen-bond donors (Lipinski definition) is 0. The molecule has 0 N–H and O–H groups in total. The third-order valence-corrected chi connectivity index (χ3v) is 11.5. The fourth-order valence-electron chi connectivity index (χ4n) is 8.34. The van der Waals surface area contributed by atoms with E-state index in [1.807, 2.05) is 4.68 Å². The predicted molar refractivity (Wildman–Crippen MR) is 246 cm³/mol. The highest BCUT2D eigenvalue weighted by Crippen LogP contribution is 2.41. The van der Waals surface area contributed by atoms with E-state index in [1.54, 1.807) is 0 Å². The zero-order valence-electron chi connectivity index (χ0n) is 33.8. The number of benzene rings is 8. The van der Waals surface area contributed by atoms with Gasteiger partial charge in [-0.25, -0.2) is 9.67 Å². The number of aryl methyl sites for hydroxylation is 1. The van der Waals surface area contributed by atoms with Crippen LogP contribution in [0.25, 0.3) is 89.3 Å². The summed E-state index contributed by atoms with van der Waals surface area (Å²) in [6, 6.07) is 69.7. The molecule has 0 atom stereocenters. The molecule has 0 spiro atoms. The maximum atomic E-state index is 5.12. The van der Waals surface area contributed by atoms with Crippen LogP contribution in [-0.4, -0.2) is 19.3 Å². The monoisotopic (exact) mass is 760 g/mol. The van der Waals surface area contributed by atoms with E-state index in [0.29, 0.717) is 5.82 Å². The van der Waals surface area contributed by atoms with Crippen LogP contribution >= 0.6 is 0 Å². The second-order valence-electron chi connectivity index (χ2n) is 16.4. The van der Waals surface area contributed by atoms with Crippen LogP contribution in [0.3, 0.4) is 0 Å². The van der Waals surface area contributed by atoms with Gasteiger partial charge < -0.3 is 4.57 Å². The van der Waals surface area contributed by atoms with Gasteiger partial charge in [-0.15, -0.1) is 5.10 Å². The van der Waals surface area contributed by atoms with Gasteiger partial charge in [0.05, 0.1) is 16.7 Å². The number of nitrogens with zero attached hydrogens (tertiary/aromatic N) is 4. The van der Waals surface area contributed by atoms with E-state index in [2.05, 4.69) is 226 Å². The Kier molecular flexibility index (Phi) is 8.91. The van der Waals surface area contributed by atoms with Crippen LogP contribution in [-0.2, 0) is 5.41 Å². The number of rotatable bonds is 7. The van der Waals surface area contributed by atoms with Crippen LogP contribution < -0.4 is 0 Å². The molecule has 0 unspecified atom stereocenters. The van der Waals surface area contributed by atoms with Gasteiger partial charge in [0.25, 0.3) is 0 Å². The van der Waals surface area contributed by atoms with Crippen LogP contribution in [0.2, 0.25) is 0 Å². The van der Waals surface area contributed by atoms with Gasteiger partial charge in [-0.3, -0.25) is 0 Å². The summed E-state index contributed by atoms with van der Waals surface area (Å²) in [4.78, 5) is 5.12. The molecule has 0 aliphatic rings. The van der Waals surface area contributed by atoms with Crippen molar-refractivity contribution in [1.29, 1.82) is 0 Å². The Labute approximate surface area is 345 Å². The van der Waals surface area contributed by atoms with Crippen molar-refractivity contribution in [3.8, 4) is 67.5 Å². The molecular formula is C55H44N4. The van der Waals surface area contributed by atoms with Crippen LogP contribution in [0, 0.1) is 6.92 Å². The Morgan fingerprint density at radius 1 is 0.424 bits per heavy atom. The highest BCUT2D eigenvalue weighted by Gasteiger charge is 2.20. The first-order chi connectivity index (χ1) is 28.8. The van der Waals surface area contributed by atoms with Crippen LogP contribution in [0.1, 0.15) is 31.9 Å². The summed E-state index contributed by atoms with van der Waals surface area (Å²) >= 11 is 0. The van der Waals surface area contributed by atoms with Crippen molar-refractivity contribution in [2.45, 2.75) is 33.1 Å². The first kappa shape index (κ1) is 36.1. The standard InChI is InChI=1S/C55H44N4/c1-37-22-24-39(25-23-37)53-56-54(40-26-31-42(32-27-40)55(2,3)4)59(57-53)44-33-28-38(29-34-44)45-16-8-10-18-47(45)48-19-11-9-17-46(48)41-30-35-52-50(36-41)49-20-12-13-21-51(49)58(52)43-14-6-5-7-15-43/h5-36H,1-4H3. The van der Waals surface area contributed by atoms with Gasteiger partial charge in [0.2, 0.25) is 0 Å². The summed E-state index contributed by atoms with van der Waals surface area (Å²) in [5.41, 5.74) is 16.2. The van der Waals surface area contributed by atoms with Crippen molar-refractivity contribution in [3.63, 3.8) is 0 Å². The molecule has 284 valence electrons. The van der Waals surface area contributed by atoms with Gasteiger partial charge in [0, 0.05) is 27.6 Å². The third kappa shape index (κ3) is 6.63. The summed E-state index contributed by atoms with van der Waals surface area (Å²) in [6.07, 6.45) is 0. The summed E-state index contributed by atoms with van der Waals surface area (Å²) < 4.78 is 4.35. The Hall–Kier alpha value is -7.30. The molecule has 4 nitrogen and oxygen atoms in total. The highest BCUT2D eigenvalue weighted by molar-refractivity contribution is 6.11. The molecule has 8 aromatic carbocycles. The lowest BCUT2D eigenvalue weighted by Gasteiger charge is -2.19. The summed E-state index contributed by atoms with van der Waals surface area (Å²) in [6.45, 7) is 8.82. The van der Waals surface area contributed by atoms with Crippen molar-refractivity contribution in [2.75, 3.05) is 0 Å². The topological polar surface area (TPSA) is 35.6 Å². The molecule has 0 aliphatic carbocycles. The van der Waals surface area contributed by atoms with Gasteiger partial charge in [-0.2, -0.15) is 0 Å². The van der Waals surface area contributed by atoms with Crippen LogP contribution in [0.4, 0.5) is 0 Å². The van der Waals surface area contributed by atoms with E-state index in [0.717, 1.165) is 33.9 Å². The van der Waals surface area contributed by atoms with Crippen molar-refractivity contribution >= 4 is 21.8 Å². The van der Waals surface area contributed by atoms with E-state index in [4.69, 9.17) is 10.1 Å². The zero-order valence-corrected chi connectivity index (χ0v) is 33.8. The summed E-state index contributed by atoms with van der Waals surface area (Å²) in [5.74, 6) is 1.51. The van der Waals surface area contributed by atoms with Gasteiger partial charge in [-0.1, -0.05) is 178 Å². The molecule has 10 aromatic rings. The molecular weight excluding hydrogens is 717 g/mol. The normalized spacial score (nSPS) is 11.7. The van der Waals surface area contributed by atoms with E-state index in [9.17, 15) is 0 Å². The number of aromatic nitrogens is 4. The smallest absolute Gasteiger partial charge is 0.182 e. The van der Waals surface area contributed by atoms with Crippen LogP contribution in [0.15, 0.2) is 194 Å². The Morgan fingerprint density at radius 2 is 0.966 bits per heavy atom. The molecule has 59 heavy (non-hydrogen) atoms. The van der Waals surface area contributed by atoms with Crippen molar-refractivity contribution < 1.29 is 0 Å². The first-order valence-electron chi connectivity index (χ1n) is 20.3. The zero-order chi connectivity index (χ0) is 40.1. The van der Waals surface area contributed by atoms with Gasteiger partial charge in [0.1, 0.15) is 0 Å². The molecule has 0 fully saturated rings. The molecule has 0 amide bonds. The molecule has 0 saturated heterocycles. The maximum absolute atomic E-state index is 5.12. The largest absolute Gasteiger partial charge is 0.309 e. The van der Waals surface area contributed by atoms with E-state index < -0.39 is 0 Å². The minimum atomic E-state index is 0.0593. The minimum absolute atomic E-state index is 0.0593. The average Bonchev–Trinajstić information content (AvgIpc) is 3.87. The molecule has 4 heteroatoms. The molecule has 0 radical (unpaired) electrons. The molecule has 0 saturated carbocycles. The first-order valence-corrected chi connectivity index (χ1v) is 20.3. The summed E-state index contributed by atoms with van der Waals surface area (Å²) in [5, 5.41) is 7.59. The lowest BCUT2D eigenvalue weighted by molar-refractivity contribution is 0.590. The molecule has 2 heterocycles. The molecule has 2 aromatic heterocycles. The fourth-order valence-corrected chi connectivity index (χ4v) is 8.34. The second-order valence-corrected chi connectivity index (χ2v) is 16.4. The Morgan fingerprint density at radius 3 is 1.64 bits per heavy atom. The second kappa shape index (κ2) is 14.6.